The molecule has 1 N–H and O–H groups in total. The molecule has 3 heterocycles. The highest BCUT2D eigenvalue weighted by Gasteiger charge is 2.18. The van der Waals surface area contributed by atoms with Gasteiger partial charge in [0.05, 0.1) is 6.61 Å². The highest BCUT2D eigenvalue weighted by molar-refractivity contribution is 5.90. The van der Waals surface area contributed by atoms with E-state index in [0.29, 0.717) is 18.1 Å². The van der Waals surface area contributed by atoms with E-state index in [0.717, 1.165) is 4.57 Å². The summed E-state index contributed by atoms with van der Waals surface area (Å²) in [6.45, 7) is 3.32. The first kappa shape index (κ1) is 17.4. The first-order valence-corrected chi connectivity index (χ1v) is 7.87. The minimum Gasteiger partial charge on any atom is -0.493 e. The Morgan fingerprint density at radius 2 is 2.15 bits per heavy atom. The zero-order valence-corrected chi connectivity index (χ0v) is 14.5. The summed E-state index contributed by atoms with van der Waals surface area (Å²) in [6.07, 6.45) is 1.45. The summed E-state index contributed by atoms with van der Waals surface area (Å²) in [5, 5.41) is 6.26. The maximum absolute atomic E-state index is 12.8. The lowest BCUT2D eigenvalue weighted by atomic mass is 10.3. The van der Waals surface area contributed by atoms with Crippen molar-refractivity contribution in [1.29, 1.82) is 0 Å². The lowest BCUT2D eigenvalue weighted by Crippen LogP contribution is -2.42. The summed E-state index contributed by atoms with van der Waals surface area (Å²) >= 11 is 0. The summed E-state index contributed by atoms with van der Waals surface area (Å²) in [6, 6.07) is 3.07. The van der Waals surface area contributed by atoms with Gasteiger partial charge < -0.3 is 14.6 Å². The Morgan fingerprint density at radius 3 is 2.81 bits per heavy atom. The van der Waals surface area contributed by atoms with Crippen LogP contribution in [0.5, 0.6) is 5.75 Å². The number of fused-ring (bicyclic) bond motifs is 1. The highest BCUT2D eigenvalue weighted by atomic mass is 16.5. The first-order valence-electron chi connectivity index (χ1n) is 7.87. The van der Waals surface area contributed by atoms with Crippen molar-refractivity contribution in [3.8, 4) is 5.75 Å². The molecule has 0 saturated carbocycles. The van der Waals surface area contributed by atoms with E-state index in [2.05, 4.69) is 15.5 Å². The molecule has 0 aliphatic carbocycles. The number of rotatable bonds is 5. The molecule has 0 aliphatic rings. The smallest absolute Gasteiger partial charge is 0.332 e. The van der Waals surface area contributed by atoms with Gasteiger partial charge in [0, 0.05) is 19.3 Å². The molecular formula is C16H17N5O5. The third-order valence-electron chi connectivity index (χ3n) is 3.68. The van der Waals surface area contributed by atoms with Crippen molar-refractivity contribution in [2.75, 3.05) is 11.9 Å². The predicted molar refractivity (Wildman–Crippen MR) is 92.3 cm³/mol. The molecule has 10 heteroatoms. The van der Waals surface area contributed by atoms with Gasteiger partial charge in [-0.15, -0.1) is 0 Å². The fourth-order valence-corrected chi connectivity index (χ4v) is 2.55. The summed E-state index contributed by atoms with van der Waals surface area (Å²) in [5.41, 5.74) is -1.11. The number of aryl methyl sites for hydroxylation is 2. The van der Waals surface area contributed by atoms with Crippen LogP contribution in [0.2, 0.25) is 0 Å². The molecule has 0 atom stereocenters. The van der Waals surface area contributed by atoms with E-state index in [-0.39, 0.29) is 16.9 Å². The summed E-state index contributed by atoms with van der Waals surface area (Å²) in [7, 11) is 1.47. The normalized spacial score (nSPS) is 10.9. The van der Waals surface area contributed by atoms with Gasteiger partial charge in [0.15, 0.2) is 11.5 Å². The summed E-state index contributed by atoms with van der Waals surface area (Å²) < 4.78 is 12.3. The van der Waals surface area contributed by atoms with Crippen LogP contribution in [0.3, 0.4) is 0 Å². The second-order valence-electron chi connectivity index (χ2n) is 5.54. The lowest BCUT2D eigenvalue weighted by Gasteiger charge is -2.12. The van der Waals surface area contributed by atoms with E-state index in [1.165, 1.54) is 23.9 Å². The molecule has 0 unspecified atom stereocenters. The number of anilines is 1. The molecule has 0 bridgehead atoms. The van der Waals surface area contributed by atoms with Crippen LogP contribution in [0.15, 0.2) is 32.4 Å². The molecule has 26 heavy (non-hydrogen) atoms. The first-order chi connectivity index (χ1) is 12.4. The van der Waals surface area contributed by atoms with Crippen molar-refractivity contribution in [2.45, 2.75) is 20.4 Å². The molecule has 10 nitrogen and oxygen atoms in total. The van der Waals surface area contributed by atoms with Crippen molar-refractivity contribution in [1.82, 2.24) is 19.3 Å². The van der Waals surface area contributed by atoms with Gasteiger partial charge in [-0.3, -0.25) is 14.2 Å². The SMILES string of the molecule is CCOc1ccnc2c1c(=O)n(CC(=O)Nc1cc(C)on1)c(=O)n2C. The van der Waals surface area contributed by atoms with Gasteiger partial charge in [0.1, 0.15) is 23.4 Å². The molecular weight excluding hydrogens is 342 g/mol. The topological polar surface area (TPSA) is 121 Å². The number of nitrogens with one attached hydrogen (secondary N) is 1. The fraction of sp³-hybridized carbons (Fsp3) is 0.312. The molecule has 0 aromatic carbocycles. The van der Waals surface area contributed by atoms with Crippen molar-refractivity contribution < 1.29 is 14.1 Å². The van der Waals surface area contributed by atoms with E-state index < -0.39 is 23.7 Å². The third-order valence-corrected chi connectivity index (χ3v) is 3.68. The Kier molecular flexibility index (Phi) is 4.57. The van der Waals surface area contributed by atoms with Crippen molar-refractivity contribution in [3.63, 3.8) is 0 Å². The van der Waals surface area contributed by atoms with E-state index in [9.17, 15) is 14.4 Å². The minimum absolute atomic E-state index is 0.140. The minimum atomic E-state index is -0.657. The zero-order chi connectivity index (χ0) is 18.8. The van der Waals surface area contributed by atoms with Crippen LogP contribution in [-0.4, -0.2) is 31.8 Å². The molecule has 3 aromatic rings. The Labute approximate surface area is 147 Å². The fourth-order valence-electron chi connectivity index (χ4n) is 2.55. The summed E-state index contributed by atoms with van der Waals surface area (Å²) in [4.78, 5) is 41.6. The van der Waals surface area contributed by atoms with Crippen molar-refractivity contribution >= 4 is 22.8 Å². The number of amides is 1. The Morgan fingerprint density at radius 1 is 1.38 bits per heavy atom. The molecule has 1 amide bonds. The van der Waals surface area contributed by atoms with Crippen LogP contribution < -0.4 is 21.3 Å². The number of carbonyl (C=O) groups is 1. The predicted octanol–water partition coefficient (Wildman–Crippen LogP) is 0.429. The lowest BCUT2D eigenvalue weighted by molar-refractivity contribution is -0.116. The molecule has 136 valence electrons. The maximum atomic E-state index is 12.8. The zero-order valence-electron chi connectivity index (χ0n) is 14.5. The number of pyridine rings is 1. The standard InChI is InChI=1S/C16H17N5O5/c1-4-25-10-5-6-17-14-13(10)15(23)21(16(24)20(14)3)8-12(22)18-11-7-9(2)26-19-11/h5-7H,4,8H2,1-3H3,(H,18,19,22). The van der Waals surface area contributed by atoms with E-state index in [1.807, 2.05) is 0 Å². The number of hydrogen-bond acceptors (Lipinski definition) is 7. The van der Waals surface area contributed by atoms with Crippen LogP contribution in [0.4, 0.5) is 5.82 Å². The largest absolute Gasteiger partial charge is 0.493 e. The Hall–Kier alpha value is -3.43. The van der Waals surface area contributed by atoms with E-state index >= 15 is 0 Å². The number of aromatic nitrogens is 4. The number of nitrogens with zero attached hydrogens (tertiary/aromatic N) is 4. The number of ether oxygens (including phenoxy) is 1. The molecule has 3 aromatic heterocycles. The van der Waals surface area contributed by atoms with Crippen LogP contribution in [0.25, 0.3) is 11.0 Å². The molecule has 0 spiro atoms. The van der Waals surface area contributed by atoms with Gasteiger partial charge in [-0.2, -0.15) is 0 Å². The second-order valence-corrected chi connectivity index (χ2v) is 5.54. The molecule has 0 fully saturated rings. The van der Waals surface area contributed by atoms with Crippen LogP contribution in [0.1, 0.15) is 12.7 Å². The third kappa shape index (κ3) is 3.08. The van der Waals surface area contributed by atoms with Crippen LogP contribution in [0, 0.1) is 6.92 Å². The summed E-state index contributed by atoms with van der Waals surface area (Å²) in [5.74, 6) is 0.444. The van der Waals surface area contributed by atoms with Crippen molar-refractivity contribution in [2.24, 2.45) is 7.05 Å². The van der Waals surface area contributed by atoms with E-state index in [1.54, 1.807) is 19.9 Å². The van der Waals surface area contributed by atoms with Gasteiger partial charge >= 0.3 is 5.69 Å². The van der Waals surface area contributed by atoms with E-state index in [4.69, 9.17) is 9.26 Å². The van der Waals surface area contributed by atoms with Gasteiger partial charge in [0.2, 0.25) is 5.91 Å². The van der Waals surface area contributed by atoms with Gasteiger partial charge in [0.25, 0.3) is 5.56 Å². The van der Waals surface area contributed by atoms with Gasteiger partial charge in [-0.1, -0.05) is 5.16 Å². The monoisotopic (exact) mass is 359 g/mol. The number of carbonyl (C=O) groups excluding carboxylic acids is 1. The highest BCUT2D eigenvalue weighted by Crippen LogP contribution is 2.18. The van der Waals surface area contributed by atoms with Crippen LogP contribution in [-0.2, 0) is 18.4 Å². The van der Waals surface area contributed by atoms with Crippen LogP contribution >= 0.6 is 0 Å². The maximum Gasteiger partial charge on any atom is 0.332 e. The molecule has 0 radical (unpaired) electrons. The Bertz CT molecular complexity index is 1090. The number of hydrogen-bond donors (Lipinski definition) is 1. The Balaban J connectivity index is 2.05. The quantitative estimate of drug-likeness (QED) is 0.701. The average molecular weight is 359 g/mol. The molecule has 3 rings (SSSR count). The van der Waals surface area contributed by atoms with Gasteiger partial charge in [-0.05, 0) is 19.9 Å². The van der Waals surface area contributed by atoms with Crippen molar-refractivity contribution in [3.05, 3.63) is 44.9 Å². The average Bonchev–Trinajstić information content (AvgIpc) is 3.01. The van der Waals surface area contributed by atoms with Gasteiger partial charge in [-0.25, -0.2) is 14.3 Å². The molecule has 0 aliphatic heterocycles. The molecule has 0 saturated heterocycles. The second kappa shape index (κ2) is 6.82.